The molecule has 5 heteroatoms. The molecule has 0 aliphatic carbocycles. The molecule has 2 aromatic rings. The van der Waals surface area contributed by atoms with Gasteiger partial charge < -0.3 is 20.2 Å². The van der Waals surface area contributed by atoms with E-state index in [0.717, 1.165) is 17.0 Å². The van der Waals surface area contributed by atoms with Crippen LogP contribution in [0.3, 0.4) is 0 Å². The van der Waals surface area contributed by atoms with Crippen molar-refractivity contribution in [1.29, 1.82) is 0 Å². The highest BCUT2D eigenvalue weighted by molar-refractivity contribution is 6.00. The fraction of sp³-hybridized carbons (Fsp3) is 0.312. The molecule has 0 bridgehead atoms. The van der Waals surface area contributed by atoms with Crippen LogP contribution in [0.25, 0.3) is 11.3 Å². The maximum absolute atomic E-state index is 11.9. The van der Waals surface area contributed by atoms with E-state index in [4.69, 9.17) is 15.2 Å². The molecule has 0 unspecified atom stereocenters. The average Bonchev–Trinajstić information content (AvgIpc) is 2.75. The third-order valence-electron chi connectivity index (χ3n) is 3.16. The number of rotatable bonds is 5. The molecule has 0 spiro atoms. The molecule has 0 fully saturated rings. The van der Waals surface area contributed by atoms with E-state index in [9.17, 15) is 4.79 Å². The Kier molecular flexibility index (Phi) is 4.52. The Morgan fingerprint density at radius 3 is 2.43 bits per heavy atom. The first-order valence-corrected chi connectivity index (χ1v) is 6.96. The van der Waals surface area contributed by atoms with Gasteiger partial charge in [0.1, 0.15) is 11.3 Å². The van der Waals surface area contributed by atoms with Crippen molar-refractivity contribution in [2.24, 2.45) is 0 Å². The number of ether oxygens (including phenoxy) is 2. The zero-order valence-corrected chi connectivity index (χ0v) is 12.5. The second-order valence-corrected chi connectivity index (χ2v) is 4.59. The first-order valence-electron chi connectivity index (χ1n) is 6.96. The molecule has 2 rings (SSSR count). The van der Waals surface area contributed by atoms with Crippen molar-refractivity contribution in [3.05, 3.63) is 35.5 Å². The summed E-state index contributed by atoms with van der Waals surface area (Å²) in [5.41, 5.74) is 9.24. The number of hydrogen-bond donors (Lipinski definition) is 2. The molecule has 0 radical (unpaired) electrons. The average molecular weight is 288 g/mol. The van der Waals surface area contributed by atoms with E-state index in [1.165, 1.54) is 0 Å². The number of H-pyrrole nitrogens is 1. The molecule has 3 N–H and O–H groups in total. The lowest BCUT2D eigenvalue weighted by molar-refractivity contribution is 0.0527. The lowest BCUT2D eigenvalue weighted by Gasteiger charge is -2.05. The molecule has 0 saturated carbocycles. The van der Waals surface area contributed by atoms with E-state index in [2.05, 4.69) is 4.98 Å². The highest BCUT2D eigenvalue weighted by atomic mass is 16.5. The number of aromatic amines is 1. The largest absolute Gasteiger partial charge is 0.494 e. The summed E-state index contributed by atoms with van der Waals surface area (Å²) in [6.45, 7) is 6.45. The highest BCUT2D eigenvalue weighted by Gasteiger charge is 2.20. The molecular weight excluding hydrogens is 268 g/mol. The minimum Gasteiger partial charge on any atom is -0.494 e. The minimum absolute atomic E-state index is 0.321. The van der Waals surface area contributed by atoms with E-state index in [0.29, 0.717) is 30.2 Å². The molecule has 0 atom stereocenters. The molecule has 5 nitrogen and oxygen atoms in total. The topological polar surface area (TPSA) is 77.3 Å². The van der Waals surface area contributed by atoms with Crippen molar-refractivity contribution < 1.29 is 14.3 Å². The van der Waals surface area contributed by atoms with Crippen LogP contribution in [0.2, 0.25) is 0 Å². The van der Waals surface area contributed by atoms with E-state index in [1.54, 1.807) is 13.8 Å². The summed E-state index contributed by atoms with van der Waals surface area (Å²) in [7, 11) is 0. The quantitative estimate of drug-likeness (QED) is 0.828. The summed E-state index contributed by atoms with van der Waals surface area (Å²) < 4.78 is 10.4. The van der Waals surface area contributed by atoms with Crippen LogP contribution in [0.15, 0.2) is 24.3 Å². The lowest BCUT2D eigenvalue weighted by atomic mass is 10.1. The van der Waals surface area contributed by atoms with Gasteiger partial charge in [-0.3, -0.25) is 0 Å². The first kappa shape index (κ1) is 15.0. The number of nitrogen functional groups attached to an aromatic ring is 1. The Labute approximate surface area is 124 Å². The number of hydrogen-bond acceptors (Lipinski definition) is 4. The molecule has 0 aliphatic heterocycles. The summed E-state index contributed by atoms with van der Waals surface area (Å²) in [4.78, 5) is 15.1. The van der Waals surface area contributed by atoms with Crippen molar-refractivity contribution in [1.82, 2.24) is 4.98 Å². The molecule has 0 saturated heterocycles. The molecule has 1 heterocycles. The lowest BCUT2D eigenvalue weighted by Crippen LogP contribution is -2.07. The van der Waals surface area contributed by atoms with E-state index < -0.39 is 5.97 Å². The van der Waals surface area contributed by atoms with Gasteiger partial charge in [0, 0.05) is 11.3 Å². The smallest absolute Gasteiger partial charge is 0.342 e. The maximum atomic E-state index is 11.9. The van der Waals surface area contributed by atoms with Crippen LogP contribution in [-0.4, -0.2) is 24.2 Å². The van der Waals surface area contributed by atoms with Crippen LogP contribution in [-0.2, 0) is 4.74 Å². The van der Waals surface area contributed by atoms with Crippen molar-refractivity contribution in [2.45, 2.75) is 20.8 Å². The Hall–Kier alpha value is -2.43. The second kappa shape index (κ2) is 6.35. The molecular formula is C16H20N2O3. The van der Waals surface area contributed by atoms with Crippen LogP contribution in [0.1, 0.15) is 29.9 Å². The number of nitrogens with two attached hydrogens (primary N) is 1. The number of nitrogens with one attached hydrogen (secondary N) is 1. The molecule has 0 aliphatic rings. The van der Waals surface area contributed by atoms with Gasteiger partial charge in [0.25, 0.3) is 0 Å². The molecule has 21 heavy (non-hydrogen) atoms. The van der Waals surface area contributed by atoms with Gasteiger partial charge in [-0.25, -0.2) is 4.79 Å². The Morgan fingerprint density at radius 2 is 1.86 bits per heavy atom. The van der Waals surface area contributed by atoms with Crippen molar-refractivity contribution >= 4 is 11.7 Å². The summed E-state index contributed by atoms with van der Waals surface area (Å²) in [6, 6.07) is 7.56. The van der Waals surface area contributed by atoms with Gasteiger partial charge in [-0.1, -0.05) is 0 Å². The van der Waals surface area contributed by atoms with Crippen LogP contribution in [0.5, 0.6) is 5.75 Å². The van der Waals surface area contributed by atoms with Crippen molar-refractivity contribution in [3.8, 4) is 17.0 Å². The van der Waals surface area contributed by atoms with Gasteiger partial charge >= 0.3 is 5.97 Å². The number of carbonyl (C=O) groups excluding carboxylic acids is 1. The second-order valence-electron chi connectivity index (χ2n) is 4.59. The molecule has 1 aromatic heterocycles. The Bertz CT molecular complexity index is 630. The monoisotopic (exact) mass is 288 g/mol. The highest BCUT2D eigenvalue weighted by Crippen LogP contribution is 2.31. The fourth-order valence-corrected chi connectivity index (χ4v) is 2.22. The fourth-order valence-electron chi connectivity index (χ4n) is 2.22. The van der Waals surface area contributed by atoms with Gasteiger partial charge in [0.2, 0.25) is 0 Å². The van der Waals surface area contributed by atoms with Crippen LogP contribution in [0, 0.1) is 6.92 Å². The molecule has 112 valence electrons. The van der Waals surface area contributed by atoms with Gasteiger partial charge in [-0.15, -0.1) is 0 Å². The van der Waals surface area contributed by atoms with Crippen molar-refractivity contribution in [2.75, 3.05) is 18.9 Å². The summed E-state index contributed by atoms with van der Waals surface area (Å²) in [5, 5.41) is 0. The maximum Gasteiger partial charge on any atom is 0.342 e. The standard InChI is InChI=1S/C16H20N2O3/c1-4-20-12-8-6-11(7-9-12)15-14(17)13(10(3)18-15)16(19)21-5-2/h6-9,18H,4-5,17H2,1-3H3. The predicted molar refractivity (Wildman–Crippen MR) is 82.5 cm³/mol. The molecule has 1 aromatic carbocycles. The van der Waals surface area contributed by atoms with E-state index in [-0.39, 0.29) is 0 Å². The molecule has 0 amide bonds. The SMILES string of the molecule is CCOC(=O)c1c(C)[nH]c(-c2ccc(OCC)cc2)c1N. The number of anilines is 1. The minimum atomic E-state index is -0.402. The van der Waals surface area contributed by atoms with E-state index >= 15 is 0 Å². The van der Waals surface area contributed by atoms with Gasteiger partial charge in [-0.05, 0) is 45.0 Å². The number of aryl methyl sites for hydroxylation is 1. The number of aromatic nitrogens is 1. The number of carbonyl (C=O) groups is 1. The zero-order valence-electron chi connectivity index (χ0n) is 12.5. The number of esters is 1. The summed E-state index contributed by atoms with van der Waals surface area (Å²) in [6.07, 6.45) is 0. The Morgan fingerprint density at radius 1 is 1.19 bits per heavy atom. The normalized spacial score (nSPS) is 10.4. The number of benzene rings is 1. The zero-order chi connectivity index (χ0) is 15.4. The van der Waals surface area contributed by atoms with Crippen LogP contribution >= 0.6 is 0 Å². The summed E-state index contributed by atoms with van der Waals surface area (Å²) >= 11 is 0. The Balaban J connectivity index is 2.36. The first-order chi connectivity index (χ1) is 10.1. The van der Waals surface area contributed by atoms with Crippen molar-refractivity contribution in [3.63, 3.8) is 0 Å². The van der Waals surface area contributed by atoms with Gasteiger partial charge in [0.05, 0.1) is 24.6 Å². The third kappa shape index (κ3) is 3.02. The van der Waals surface area contributed by atoms with Crippen LogP contribution < -0.4 is 10.5 Å². The van der Waals surface area contributed by atoms with Gasteiger partial charge in [-0.2, -0.15) is 0 Å². The predicted octanol–water partition coefficient (Wildman–Crippen LogP) is 3.15. The summed E-state index contributed by atoms with van der Waals surface area (Å²) in [5.74, 6) is 0.398. The third-order valence-corrected chi connectivity index (χ3v) is 3.16. The van der Waals surface area contributed by atoms with Gasteiger partial charge in [0.15, 0.2) is 0 Å². The van der Waals surface area contributed by atoms with E-state index in [1.807, 2.05) is 31.2 Å². The van der Waals surface area contributed by atoms with Crippen LogP contribution in [0.4, 0.5) is 5.69 Å².